The summed E-state index contributed by atoms with van der Waals surface area (Å²) in [6, 6.07) is 9.33. The molecular formula is C11H9ClN2O3S. The SMILES string of the molecule is CS(=O)(=O)c1ccccc1Oc1ccc(Cl)nn1. The number of nitrogens with zero attached hydrogens (tertiary/aromatic N) is 2. The molecule has 0 amide bonds. The van der Waals surface area contributed by atoms with Crippen LogP contribution in [0.1, 0.15) is 0 Å². The molecule has 0 fully saturated rings. The van der Waals surface area contributed by atoms with Gasteiger partial charge in [-0.3, -0.25) is 0 Å². The van der Waals surface area contributed by atoms with Crippen LogP contribution in [0.3, 0.4) is 0 Å². The highest BCUT2D eigenvalue weighted by Gasteiger charge is 2.14. The summed E-state index contributed by atoms with van der Waals surface area (Å²) >= 11 is 5.59. The molecule has 1 aromatic carbocycles. The van der Waals surface area contributed by atoms with Crippen LogP contribution < -0.4 is 4.74 Å². The van der Waals surface area contributed by atoms with Crippen molar-refractivity contribution in [2.45, 2.75) is 4.90 Å². The predicted molar refractivity (Wildman–Crippen MR) is 66.7 cm³/mol. The Bertz CT molecular complexity index is 656. The number of halogens is 1. The van der Waals surface area contributed by atoms with E-state index >= 15 is 0 Å². The van der Waals surface area contributed by atoms with Crippen molar-refractivity contribution in [3.63, 3.8) is 0 Å². The van der Waals surface area contributed by atoms with Crippen molar-refractivity contribution in [1.29, 1.82) is 0 Å². The summed E-state index contributed by atoms with van der Waals surface area (Å²) < 4.78 is 28.5. The number of aromatic nitrogens is 2. The molecule has 2 rings (SSSR count). The fraction of sp³-hybridized carbons (Fsp3) is 0.0909. The fourth-order valence-corrected chi connectivity index (χ4v) is 2.21. The third-order valence-corrected chi connectivity index (χ3v) is 3.41. The first-order chi connectivity index (χ1) is 8.47. The van der Waals surface area contributed by atoms with E-state index in [1.165, 1.54) is 18.2 Å². The maximum atomic E-state index is 11.6. The molecule has 1 heterocycles. The maximum absolute atomic E-state index is 11.6. The molecular weight excluding hydrogens is 276 g/mol. The molecule has 0 aliphatic carbocycles. The summed E-state index contributed by atoms with van der Waals surface area (Å²) in [5, 5.41) is 7.54. The molecule has 0 spiro atoms. The molecule has 0 aliphatic heterocycles. The molecule has 0 atom stereocenters. The van der Waals surface area contributed by atoms with Gasteiger partial charge in [-0.15, -0.1) is 10.2 Å². The molecule has 0 saturated heterocycles. The van der Waals surface area contributed by atoms with E-state index in [9.17, 15) is 8.42 Å². The molecule has 1 aromatic heterocycles. The van der Waals surface area contributed by atoms with Crippen LogP contribution >= 0.6 is 11.6 Å². The second-order valence-corrected chi connectivity index (χ2v) is 5.89. The molecule has 0 unspecified atom stereocenters. The first-order valence-electron chi connectivity index (χ1n) is 4.93. The second-order valence-electron chi connectivity index (χ2n) is 3.52. The Labute approximate surface area is 109 Å². The highest BCUT2D eigenvalue weighted by Crippen LogP contribution is 2.27. The quantitative estimate of drug-likeness (QED) is 0.865. The zero-order valence-electron chi connectivity index (χ0n) is 9.37. The number of hydrogen-bond acceptors (Lipinski definition) is 5. The summed E-state index contributed by atoms with van der Waals surface area (Å²) in [5.74, 6) is 0.382. The van der Waals surface area contributed by atoms with Crippen LogP contribution in [0.4, 0.5) is 0 Å². The van der Waals surface area contributed by atoms with E-state index in [2.05, 4.69) is 10.2 Å². The van der Waals surface area contributed by atoms with Crippen LogP contribution in [0.15, 0.2) is 41.3 Å². The minimum absolute atomic E-state index is 0.0988. The number of para-hydroxylation sites is 1. The van der Waals surface area contributed by atoms with E-state index in [4.69, 9.17) is 16.3 Å². The lowest BCUT2D eigenvalue weighted by Crippen LogP contribution is -2.00. The van der Waals surface area contributed by atoms with Gasteiger partial charge in [-0.1, -0.05) is 23.7 Å². The third-order valence-electron chi connectivity index (χ3n) is 2.07. The maximum Gasteiger partial charge on any atom is 0.238 e. The van der Waals surface area contributed by atoms with Gasteiger partial charge in [-0.25, -0.2) is 8.42 Å². The van der Waals surface area contributed by atoms with E-state index in [0.29, 0.717) is 0 Å². The van der Waals surface area contributed by atoms with Gasteiger partial charge in [0, 0.05) is 12.3 Å². The van der Waals surface area contributed by atoms with Gasteiger partial charge in [0.05, 0.1) is 0 Å². The summed E-state index contributed by atoms with van der Waals surface area (Å²) in [7, 11) is -3.36. The van der Waals surface area contributed by atoms with Gasteiger partial charge in [0.25, 0.3) is 0 Å². The lowest BCUT2D eigenvalue weighted by Gasteiger charge is -2.08. The highest BCUT2D eigenvalue weighted by atomic mass is 35.5. The summed E-state index contributed by atoms with van der Waals surface area (Å²) in [4.78, 5) is 0.0988. The Morgan fingerprint density at radius 1 is 1.11 bits per heavy atom. The molecule has 0 radical (unpaired) electrons. The number of ether oxygens (including phenoxy) is 1. The lowest BCUT2D eigenvalue weighted by atomic mass is 10.3. The van der Waals surface area contributed by atoms with Gasteiger partial charge in [-0.2, -0.15) is 0 Å². The van der Waals surface area contributed by atoms with Gasteiger partial charge in [0.2, 0.25) is 5.88 Å². The van der Waals surface area contributed by atoms with E-state index in [1.54, 1.807) is 18.2 Å². The normalized spacial score (nSPS) is 11.2. The highest BCUT2D eigenvalue weighted by molar-refractivity contribution is 7.90. The first kappa shape index (κ1) is 12.8. The number of sulfone groups is 1. The standard InChI is InChI=1S/C11H9ClN2O3S/c1-18(15,16)9-5-3-2-4-8(9)17-11-7-6-10(12)13-14-11/h2-7H,1H3. The van der Waals surface area contributed by atoms with Crippen LogP contribution in [-0.2, 0) is 9.84 Å². The number of rotatable bonds is 3. The van der Waals surface area contributed by atoms with Crippen LogP contribution in [0, 0.1) is 0 Å². The molecule has 2 aromatic rings. The zero-order chi connectivity index (χ0) is 13.2. The van der Waals surface area contributed by atoms with E-state index in [0.717, 1.165) is 6.26 Å². The van der Waals surface area contributed by atoms with E-state index in [-0.39, 0.29) is 21.7 Å². The Morgan fingerprint density at radius 2 is 1.83 bits per heavy atom. The van der Waals surface area contributed by atoms with Crippen molar-refractivity contribution in [1.82, 2.24) is 10.2 Å². The van der Waals surface area contributed by atoms with E-state index < -0.39 is 9.84 Å². The second kappa shape index (κ2) is 4.91. The number of benzene rings is 1. The van der Waals surface area contributed by atoms with Crippen molar-refractivity contribution in [2.24, 2.45) is 0 Å². The Balaban J connectivity index is 2.38. The Kier molecular flexibility index (Phi) is 3.49. The first-order valence-corrected chi connectivity index (χ1v) is 7.20. The van der Waals surface area contributed by atoms with Crippen molar-refractivity contribution in [3.05, 3.63) is 41.6 Å². The summed E-state index contributed by atoms with van der Waals surface area (Å²) in [6.45, 7) is 0. The summed E-state index contributed by atoms with van der Waals surface area (Å²) in [5.41, 5.74) is 0. The molecule has 5 nitrogen and oxygen atoms in total. The average molecular weight is 285 g/mol. The van der Waals surface area contributed by atoms with Crippen LogP contribution in [-0.4, -0.2) is 24.9 Å². The van der Waals surface area contributed by atoms with Crippen molar-refractivity contribution in [3.8, 4) is 11.6 Å². The average Bonchev–Trinajstić information content (AvgIpc) is 2.31. The smallest absolute Gasteiger partial charge is 0.238 e. The van der Waals surface area contributed by atoms with Crippen molar-refractivity contribution < 1.29 is 13.2 Å². The monoisotopic (exact) mass is 284 g/mol. The Morgan fingerprint density at radius 3 is 2.44 bits per heavy atom. The van der Waals surface area contributed by atoms with Gasteiger partial charge in [-0.05, 0) is 18.2 Å². The predicted octanol–water partition coefficient (Wildman–Crippen LogP) is 2.33. The third kappa shape index (κ3) is 2.96. The topological polar surface area (TPSA) is 69.2 Å². The molecule has 0 aliphatic rings. The lowest BCUT2D eigenvalue weighted by molar-refractivity contribution is 0.442. The largest absolute Gasteiger partial charge is 0.436 e. The van der Waals surface area contributed by atoms with Gasteiger partial charge >= 0.3 is 0 Å². The van der Waals surface area contributed by atoms with Crippen LogP contribution in [0.25, 0.3) is 0 Å². The van der Waals surface area contributed by atoms with Crippen molar-refractivity contribution in [2.75, 3.05) is 6.26 Å². The fourth-order valence-electron chi connectivity index (χ4n) is 1.31. The molecule has 0 saturated carbocycles. The van der Waals surface area contributed by atoms with Crippen LogP contribution in [0.5, 0.6) is 11.6 Å². The zero-order valence-corrected chi connectivity index (χ0v) is 10.9. The van der Waals surface area contributed by atoms with Gasteiger partial charge in [0.15, 0.2) is 15.0 Å². The minimum Gasteiger partial charge on any atom is -0.436 e. The van der Waals surface area contributed by atoms with E-state index in [1.807, 2.05) is 0 Å². The molecule has 0 bridgehead atoms. The van der Waals surface area contributed by atoms with Gasteiger partial charge in [0.1, 0.15) is 10.6 Å². The number of hydrogen-bond donors (Lipinski definition) is 0. The van der Waals surface area contributed by atoms with Crippen molar-refractivity contribution >= 4 is 21.4 Å². The Hall–Kier alpha value is -1.66. The molecule has 18 heavy (non-hydrogen) atoms. The summed E-state index contributed by atoms with van der Waals surface area (Å²) in [6.07, 6.45) is 1.11. The molecule has 0 N–H and O–H groups in total. The molecule has 7 heteroatoms. The van der Waals surface area contributed by atoms with Crippen LogP contribution in [0.2, 0.25) is 5.15 Å². The minimum atomic E-state index is -3.36. The molecule has 94 valence electrons. The van der Waals surface area contributed by atoms with Gasteiger partial charge < -0.3 is 4.74 Å².